The van der Waals surface area contributed by atoms with Gasteiger partial charge in [-0.25, -0.2) is 14.4 Å². The van der Waals surface area contributed by atoms with Crippen LogP contribution in [0.3, 0.4) is 0 Å². The second kappa shape index (κ2) is 9.35. The standard InChI is InChI=1S/C21H20BrFN6O3/c1-32-16-5-3-15(4-6-16)27-8-10-28(11-9-27)21-19(29(30)31)20(24-13-25-21)26-18-7-2-14(22)12-17(18)23/h2-7,12-13H,8-11H2,1H3,(H,24,25,26). The molecular weight excluding hydrogens is 483 g/mol. The summed E-state index contributed by atoms with van der Waals surface area (Å²) in [7, 11) is 1.62. The van der Waals surface area contributed by atoms with E-state index in [2.05, 4.69) is 36.1 Å². The number of piperazine rings is 1. The molecule has 0 atom stereocenters. The summed E-state index contributed by atoms with van der Waals surface area (Å²) in [6.45, 7) is 2.40. The van der Waals surface area contributed by atoms with Gasteiger partial charge >= 0.3 is 5.69 Å². The maximum atomic E-state index is 14.2. The van der Waals surface area contributed by atoms with Gasteiger partial charge in [0.05, 0.1) is 17.7 Å². The number of hydrogen-bond donors (Lipinski definition) is 1. The Balaban J connectivity index is 1.54. The lowest BCUT2D eigenvalue weighted by atomic mass is 10.2. The van der Waals surface area contributed by atoms with Crippen LogP contribution >= 0.6 is 15.9 Å². The summed E-state index contributed by atoms with van der Waals surface area (Å²) in [5, 5.41) is 14.6. The zero-order valence-corrected chi connectivity index (χ0v) is 18.7. The molecule has 4 rings (SSSR count). The van der Waals surface area contributed by atoms with E-state index in [0.717, 1.165) is 11.4 Å². The van der Waals surface area contributed by atoms with Crippen molar-refractivity contribution in [3.8, 4) is 5.75 Å². The number of benzene rings is 2. The van der Waals surface area contributed by atoms with Crippen LogP contribution in [0.4, 0.5) is 33.1 Å². The van der Waals surface area contributed by atoms with Crippen molar-refractivity contribution in [2.24, 2.45) is 0 Å². The Labute approximate surface area is 192 Å². The summed E-state index contributed by atoms with van der Waals surface area (Å²) >= 11 is 3.19. The molecule has 32 heavy (non-hydrogen) atoms. The van der Waals surface area contributed by atoms with Crippen molar-refractivity contribution in [3.05, 3.63) is 69.2 Å². The van der Waals surface area contributed by atoms with E-state index < -0.39 is 10.7 Å². The topological polar surface area (TPSA) is 96.7 Å². The first-order valence-electron chi connectivity index (χ1n) is 9.81. The molecular formula is C21H20BrFN6O3. The molecule has 2 aromatic carbocycles. The van der Waals surface area contributed by atoms with E-state index in [-0.39, 0.29) is 23.0 Å². The summed E-state index contributed by atoms with van der Waals surface area (Å²) in [5.74, 6) is 0.381. The Bertz CT molecular complexity index is 1120. The zero-order chi connectivity index (χ0) is 22.7. The van der Waals surface area contributed by atoms with E-state index in [0.29, 0.717) is 30.7 Å². The number of aromatic nitrogens is 2. The number of rotatable bonds is 6. The monoisotopic (exact) mass is 502 g/mol. The largest absolute Gasteiger partial charge is 0.497 e. The highest BCUT2D eigenvalue weighted by atomic mass is 79.9. The number of nitrogens with zero attached hydrogens (tertiary/aromatic N) is 5. The molecule has 11 heteroatoms. The first kappa shape index (κ1) is 21.8. The summed E-state index contributed by atoms with van der Waals surface area (Å²) in [6, 6.07) is 12.2. The maximum absolute atomic E-state index is 14.2. The van der Waals surface area contributed by atoms with Gasteiger partial charge in [0.15, 0.2) is 0 Å². The molecule has 0 spiro atoms. The lowest BCUT2D eigenvalue weighted by Gasteiger charge is -2.36. The molecule has 1 fully saturated rings. The van der Waals surface area contributed by atoms with E-state index in [1.54, 1.807) is 13.2 Å². The molecule has 1 aromatic heterocycles. The van der Waals surface area contributed by atoms with E-state index in [9.17, 15) is 14.5 Å². The SMILES string of the molecule is COc1ccc(N2CCN(c3ncnc(Nc4ccc(Br)cc4F)c3[N+](=O)[O-])CC2)cc1. The van der Waals surface area contributed by atoms with Crippen molar-refractivity contribution < 1.29 is 14.1 Å². The van der Waals surface area contributed by atoms with Gasteiger partial charge in [-0.3, -0.25) is 10.1 Å². The third-order valence-corrected chi connectivity index (χ3v) is 5.68. The van der Waals surface area contributed by atoms with Gasteiger partial charge in [-0.15, -0.1) is 0 Å². The van der Waals surface area contributed by atoms with Gasteiger partial charge < -0.3 is 19.9 Å². The Hall–Kier alpha value is -3.47. The van der Waals surface area contributed by atoms with Gasteiger partial charge in [-0.2, -0.15) is 0 Å². The van der Waals surface area contributed by atoms with Crippen molar-refractivity contribution in [1.82, 2.24) is 9.97 Å². The molecule has 1 saturated heterocycles. The quantitative estimate of drug-likeness (QED) is 0.392. The van der Waals surface area contributed by atoms with Gasteiger partial charge in [0.1, 0.15) is 17.9 Å². The van der Waals surface area contributed by atoms with Crippen molar-refractivity contribution in [2.45, 2.75) is 0 Å². The number of halogens is 2. The predicted octanol–water partition coefficient (Wildman–Crippen LogP) is 4.37. The summed E-state index contributed by atoms with van der Waals surface area (Å²) in [5.41, 5.74) is 0.855. The van der Waals surface area contributed by atoms with Crippen LogP contribution in [0.1, 0.15) is 0 Å². The Kier molecular flexibility index (Phi) is 6.35. The highest BCUT2D eigenvalue weighted by Gasteiger charge is 2.29. The van der Waals surface area contributed by atoms with E-state index in [1.807, 2.05) is 29.2 Å². The van der Waals surface area contributed by atoms with Crippen LogP contribution in [0.2, 0.25) is 0 Å². The number of ether oxygens (including phenoxy) is 1. The molecule has 1 N–H and O–H groups in total. The van der Waals surface area contributed by atoms with Crippen LogP contribution in [0.5, 0.6) is 5.75 Å². The third-order valence-electron chi connectivity index (χ3n) is 5.19. The molecule has 3 aromatic rings. The maximum Gasteiger partial charge on any atom is 0.353 e. The second-order valence-electron chi connectivity index (χ2n) is 7.07. The summed E-state index contributed by atoms with van der Waals surface area (Å²) in [6.07, 6.45) is 1.25. The first-order chi connectivity index (χ1) is 15.5. The zero-order valence-electron chi connectivity index (χ0n) is 17.2. The average molecular weight is 503 g/mol. The molecule has 166 valence electrons. The molecule has 0 aliphatic carbocycles. The molecule has 0 radical (unpaired) electrons. The van der Waals surface area contributed by atoms with Crippen LogP contribution in [-0.2, 0) is 0 Å². The highest BCUT2D eigenvalue weighted by Crippen LogP contribution is 2.35. The number of nitro groups is 1. The Morgan fingerprint density at radius 2 is 1.78 bits per heavy atom. The van der Waals surface area contributed by atoms with E-state index in [4.69, 9.17) is 4.74 Å². The van der Waals surface area contributed by atoms with Crippen LogP contribution in [0.15, 0.2) is 53.3 Å². The third kappa shape index (κ3) is 4.57. The lowest BCUT2D eigenvalue weighted by Crippen LogP contribution is -2.47. The van der Waals surface area contributed by atoms with Crippen molar-refractivity contribution in [2.75, 3.05) is 48.4 Å². The summed E-state index contributed by atoms with van der Waals surface area (Å²) < 4.78 is 20.0. The molecule has 2 heterocycles. The van der Waals surface area contributed by atoms with Gasteiger partial charge in [-0.1, -0.05) is 15.9 Å². The van der Waals surface area contributed by atoms with Crippen molar-refractivity contribution >= 4 is 44.6 Å². The Morgan fingerprint density at radius 1 is 1.09 bits per heavy atom. The Morgan fingerprint density at radius 3 is 2.41 bits per heavy atom. The van der Waals surface area contributed by atoms with Gasteiger partial charge in [-0.05, 0) is 42.5 Å². The van der Waals surface area contributed by atoms with Crippen LogP contribution in [0, 0.1) is 15.9 Å². The number of nitrogens with one attached hydrogen (secondary N) is 1. The fraction of sp³-hybridized carbons (Fsp3) is 0.238. The molecule has 1 aliphatic rings. The number of hydrogen-bond acceptors (Lipinski definition) is 8. The van der Waals surface area contributed by atoms with Crippen LogP contribution < -0.4 is 19.9 Å². The minimum atomic E-state index is -0.554. The van der Waals surface area contributed by atoms with Gasteiger partial charge in [0.2, 0.25) is 11.6 Å². The predicted molar refractivity (Wildman–Crippen MR) is 123 cm³/mol. The number of methoxy groups -OCH3 is 1. The van der Waals surface area contributed by atoms with E-state index >= 15 is 0 Å². The smallest absolute Gasteiger partial charge is 0.353 e. The van der Waals surface area contributed by atoms with Crippen molar-refractivity contribution in [3.63, 3.8) is 0 Å². The lowest BCUT2D eigenvalue weighted by molar-refractivity contribution is -0.383. The molecule has 1 aliphatic heterocycles. The molecule has 9 nitrogen and oxygen atoms in total. The first-order valence-corrected chi connectivity index (χ1v) is 10.6. The average Bonchev–Trinajstić information content (AvgIpc) is 2.81. The van der Waals surface area contributed by atoms with Gasteiger partial charge in [0, 0.05) is 36.3 Å². The summed E-state index contributed by atoms with van der Waals surface area (Å²) in [4.78, 5) is 23.6. The van der Waals surface area contributed by atoms with Crippen molar-refractivity contribution in [1.29, 1.82) is 0 Å². The minimum absolute atomic E-state index is 0.0567. The van der Waals surface area contributed by atoms with Crippen LogP contribution in [0.25, 0.3) is 0 Å². The fourth-order valence-corrected chi connectivity index (χ4v) is 3.88. The highest BCUT2D eigenvalue weighted by molar-refractivity contribution is 9.10. The molecule has 0 unspecified atom stereocenters. The molecule has 0 amide bonds. The number of anilines is 4. The minimum Gasteiger partial charge on any atom is -0.497 e. The normalized spacial score (nSPS) is 13.7. The van der Waals surface area contributed by atoms with Gasteiger partial charge in [0.25, 0.3) is 0 Å². The van der Waals surface area contributed by atoms with Crippen LogP contribution in [-0.4, -0.2) is 48.2 Å². The fourth-order valence-electron chi connectivity index (χ4n) is 3.55. The van der Waals surface area contributed by atoms with E-state index in [1.165, 1.54) is 18.5 Å². The molecule has 0 saturated carbocycles. The molecule has 0 bridgehead atoms. The second-order valence-corrected chi connectivity index (χ2v) is 7.99.